The second kappa shape index (κ2) is 6.72. The van der Waals surface area contributed by atoms with Gasteiger partial charge in [-0.1, -0.05) is 13.3 Å². The molecule has 1 aromatic rings. The summed E-state index contributed by atoms with van der Waals surface area (Å²) in [6, 6.07) is 2.50. The minimum atomic E-state index is -0.810. The van der Waals surface area contributed by atoms with E-state index in [0.717, 1.165) is 17.3 Å². The maximum Gasteiger partial charge on any atom is 0.345 e. The standard InChI is InChI=1S/C16H25NO2S/c1-4-12-5-7-14(8-6-12)17(3)10-13-9-15(16(18)19)20-11(13)2/h9,12,14H,4-8,10H2,1-3H3,(H,18,19). The number of aromatic carboxylic acids is 1. The summed E-state index contributed by atoms with van der Waals surface area (Å²) in [5.41, 5.74) is 1.17. The van der Waals surface area contributed by atoms with Crippen molar-refractivity contribution >= 4 is 17.3 Å². The molecule has 0 amide bonds. The molecule has 1 aliphatic rings. The fraction of sp³-hybridized carbons (Fsp3) is 0.688. The number of carboxylic acids is 1. The van der Waals surface area contributed by atoms with E-state index in [9.17, 15) is 4.79 Å². The Morgan fingerprint density at radius 1 is 1.40 bits per heavy atom. The molecule has 0 unspecified atom stereocenters. The minimum absolute atomic E-state index is 0.459. The largest absolute Gasteiger partial charge is 0.477 e. The molecular formula is C16H25NO2S. The Labute approximate surface area is 125 Å². The van der Waals surface area contributed by atoms with Gasteiger partial charge in [-0.25, -0.2) is 4.79 Å². The highest BCUT2D eigenvalue weighted by Gasteiger charge is 2.23. The third kappa shape index (κ3) is 3.61. The van der Waals surface area contributed by atoms with E-state index < -0.39 is 5.97 Å². The van der Waals surface area contributed by atoms with Crippen LogP contribution in [0.25, 0.3) is 0 Å². The van der Waals surface area contributed by atoms with E-state index in [1.807, 2.05) is 13.0 Å². The predicted octanol–water partition coefficient (Wildman–Crippen LogP) is 4.16. The first-order valence-electron chi connectivity index (χ1n) is 7.54. The molecule has 1 saturated carbocycles. The van der Waals surface area contributed by atoms with Crippen LogP contribution in [0.1, 0.15) is 59.1 Å². The van der Waals surface area contributed by atoms with E-state index in [4.69, 9.17) is 5.11 Å². The minimum Gasteiger partial charge on any atom is -0.477 e. The van der Waals surface area contributed by atoms with Crippen molar-refractivity contribution in [2.45, 2.75) is 58.5 Å². The molecule has 1 aromatic heterocycles. The third-order valence-corrected chi connectivity index (χ3v) is 5.75. The van der Waals surface area contributed by atoms with Gasteiger partial charge in [0, 0.05) is 17.5 Å². The molecule has 0 atom stereocenters. The van der Waals surface area contributed by atoms with Crippen LogP contribution in [0.15, 0.2) is 6.07 Å². The van der Waals surface area contributed by atoms with E-state index in [-0.39, 0.29) is 0 Å². The molecule has 0 aromatic carbocycles. The molecule has 4 heteroatoms. The molecular weight excluding hydrogens is 270 g/mol. The van der Waals surface area contributed by atoms with Gasteiger partial charge in [0.05, 0.1) is 0 Å². The molecule has 2 rings (SSSR count). The summed E-state index contributed by atoms with van der Waals surface area (Å²) >= 11 is 1.39. The number of thiophene rings is 1. The van der Waals surface area contributed by atoms with E-state index >= 15 is 0 Å². The fourth-order valence-corrected chi connectivity index (χ4v) is 4.05. The highest BCUT2D eigenvalue weighted by atomic mass is 32.1. The van der Waals surface area contributed by atoms with Gasteiger partial charge < -0.3 is 5.11 Å². The van der Waals surface area contributed by atoms with Crippen molar-refractivity contribution in [2.24, 2.45) is 5.92 Å². The van der Waals surface area contributed by atoms with Gasteiger partial charge in [0.1, 0.15) is 4.88 Å². The van der Waals surface area contributed by atoms with Gasteiger partial charge in [0.2, 0.25) is 0 Å². The van der Waals surface area contributed by atoms with Crippen LogP contribution in [0.3, 0.4) is 0 Å². The molecule has 0 aliphatic heterocycles. The summed E-state index contributed by atoms with van der Waals surface area (Å²) in [6.45, 7) is 5.18. The van der Waals surface area contributed by atoms with Crippen LogP contribution in [0, 0.1) is 12.8 Å². The van der Waals surface area contributed by atoms with Crippen molar-refractivity contribution in [3.8, 4) is 0 Å². The van der Waals surface area contributed by atoms with Gasteiger partial charge in [-0.2, -0.15) is 0 Å². The van der Waals surface area contributed by atoms with Crippen LogP contribution in [-0.4, -0.2) is 29.1 Å². The normalized spacial score (nSPS) is 23.2. The monoisotopic (exact) mass is 295 g/mol. The molecule has 0 bridgehead atoms. The first kappa shape index (κ1) is 15.5. The van der Waals surface area contributed by atoms with Gasteiger partial charge in [-0.15, -0.1) is 11.3 Å². The average Bonchev–Trinajstić information content (AvgIpc) is 2.80. The van der Waals surface area contributed by atoms with Crippen molar-refractivity contribution < 1.29 is 9.90 Å². The first-order valence-corrected chi connectivity index (χ1v) is 8.35. The van der Waals surface area contributed by atoms with Crippen LogP contribution in [0.5, 0.6) is 0 Å². The Morgan fingerprint density at radius 2 is 2.05 bits per heavy atom. The molecule has 0 saturated heterocycles. The first-order chi connectivity index (χ1) is 9.51. The second-order valence-corrected chi connectivity index (χ2v) is 7.25. The van der Waals surface area contributed by atoms with E-state index in [0.29, 0.717) is 10.9 Å². The molecule has 0 radical (unpaired) electrons. The zero-order valence-corrected chi connectivity index (χ0v) is 13.5. The Hall–Kier alpha value is -0.870. The zero-order chi connectivity index (χ0) is 14.7. The number of nitrogens with zero attached hydrogens (tertiary/aromatic N) is 1. The number of rotatable bonds is 5. The maximum atomic E-state index is 11.0. The molecule has 1 fully saturated rings. The van der Waals surface area contributed by atoms with Crippen LogP contribution in [0.4, 0.5) is 0 Å². The van der Waals surface area contributed by atoms with Crippen molar-refractivity contribution in [2.75, 3.05) is 7.05 Å². The summed E-state index contributed by atoms with van der Waals surface area (Å²) in [4.78, 5) is 15.0. The molecule has 112 valence electrons. The highest BCUT2D eigenvalue weighted by Crippen LogP contribution is 2.30. The number of hydrogen-bond donors (Lipinski definition) is 1. The quantitative estimate of drug-likeness (QED) is 0.887. The van der Waals surface area contributed by atoms with Gasteiger partial charge in [0.15, 0.2) is 0 Å². The SMILES string of the molecule is CCC1CCC(N(C)Cc2cc(C(=O)O)sc2C)CC1. The lowest BCUT2D eigenvalue weighted by atomic mass is 9.84. The van der Waals surface area contributed by atoms with Gasteiger partial charge in [-0.05, 0) is 57.2 Å². The Morgan fingerprint density at radius 3 is 2.55 bits per heavy atom. The third-order valence-electron chi connectivity index (χ3n) is 4.67. The fourth-order valence-electron chi connectivity index (χ4n) is 3.17. The summed E-state index contributed by atoms with van der Waals surface area (Å²) in [5, 5.41) is 9.06. The lowest BCUT2D eigenvalue weighted by Crippen LogP contribution is -2.34. The second-order valence-electron chi connectivity index (χ2n) is 6.00. The topological polar surface area (TPSA) is 40.5 Å². The van der Waals surface area contributed by atoms with Gasteiger partial charge in [-0.3, -0.25) is 4.90 Å². The van der Waals surface area contributed by atoms with Crippen LogP contribution < -0.4 is 0 Å². The maximum absolute atomic E-state index is 11.0. The number of hydrogen-bond acceptors (Lipinski definition) is 3. The van der Waals surface area contributed by atoms with Crippen molar-refractivity contribution in [3.05, 3.63) is 21.4 Å². The zero-order valence-electron chi connectivity index (χ0n) is 12.7. The number of carboxylic acid groups (broad SMARTS) is 1. The Kier molecular flexibility index (Phi) is 5.22. The van der Waals surface area contributed by atoms with Crippen molar-refractivity contribution in [3.63, 3.8) is 0 Å². The lowest BCUT2D eigenvalue weighted by molar-refractivity contribution is 0.0702. The highest BCUT2D eigenvalue weighted by molar-refractivity contribution is 7.14. The Bertz CT molecular complexity index is 461. The van der Waals surface area contributed by atoms with E-state index in [1.165, 1.54) is 49.0 Å². The van der Waals surface area contributed by atoms with E-state index in [2.05, 4.69) is 18.9 Å². The smallest absolute Gasteiger partial charge is 0.345 e. The summed E-state index contributed by atoms with van der Waals surface area (Å²) < 4.78 is 0. The van der Waals surface area contributed by atoms with Crippen molar-refractivity contribution in [1.29, 1.82) is 0 Å². The molecule has 0 spiro atoms. The van der Waals surface area contributed by atoms with Crippen LogP contribution >= 0.6 is 11.3 Å². The Balaban J connectivity index is 1.94. The molecule has 20 heavy (non-hydrogen) atoms. The predicted molar refractivity (Wildman–Crippen MR) is 83.5 cm³/mol. The van der Waals surface area contributed by atoms with E-state index in [1.54, 1.807) is 0 Å². The van der Waals surface area contributed by atoms with Crippen molar-refractivity contribution in [1.82, 2.24) is 4.90 Å². The summed E-state index contributed by atoms with van der Waals surface area (Å²) in [7, 11) is 2.18. The van der Waals surface area contributed by atoms with Gasteiger partial charge in [0.25, 0.3) is 0 Å². The summed E-state index contributed by atoms with van der Waals surface area (Å²) in [6.07, 6.45) is 6.55. The number of carbonyl (C=O) groups is 1. The summed E-state index contributed by atoms with van der Waals surface area (Å²) in [5.74, 6) is 0.108. The number of aryl methyl sites for hydroxylation is 1. The molecule has 3 nitrogen and oxygen atoms in total. The van der Waals surface area contributed by atoms with Crippen LogP contribution in [0.2, 0.25) is 0 Å². The van der Waals surface area contributed by atoms with Crippen LogP contribution in [-0.2, 0) is 6.54 Å². The molecule has 1 aliphatic carbocycles. The molecule has 1 heterocycles. The van der Waals surface area contributed by atoms with Gasteiger partial charge >= 0.3 is 5.97 Å². The molecule has 1 N–H and O–H groups in total. The lowest BCUT2D eigenvalue weighted by Gasteiger charge is -2.34. The average molecular weight is 295 g/mol.